The van der Waals surface area contributed by atoms with E-state index in [1.807, 2.05) is 6.07 Å². The third-order valence-corrected chi connectivity index (χ3v) is 5.52. The molecule has 124 valence electrons. The third kappa shape index (κ3) is 2.70. The summed E-state index contributed by atoms with van der Waals surface area (Å²) in [5.74, 6) is 0. The monoisotopic (exact) mass is 341 g/mol. The van der Waals surface area contributed by atoms with E-state index in [9.17, 15) is 5.11 Å². The van der Waals surface area contributed by atoms with Crippen molar-refractivity contribution in [3.63, 3.8) is 0 Å². The minimum atomic E-state index is -0.379. The van der Waals surface area contributed by atoms with Crippen LogP contribution in [0.25, 0.3) is 21.6 Å². The first-order valence-corrected chi connectivity index (χ1v) is 8.90. The number of benzene rings is 1. The first-order chi connectivity index (χ1) is 11.7. The normalized spacial score (nSPS) is 17.2. The number of aliphatic hydroxyl groups is 1. The second kappa shape index (κ2) is 6.20. The molecule has 0 saturated carbocycles. The van der Waals surface area contributed by atoms with Gasteiger partial charge in [-0.1, -0.05) is 0 Å². The summed E-state index contributed by atoms with van der Waals surface area (Å²) < 4.78 is 5.15. The number of methoxy groups -OCH3 is 1. The second-order valence-electron chi connectivity index (χ2n) is 6.21. The zero-order valence-corrected chi connectivity index (χ0v) is 14.6. The van der Waals surface area contributed by atoms with Gasteiger partial charge in [-0.15, -0.1) is 11.3 Å². The van der Waals surface area contributed by atoms with Gasteiger partial charge in [-0.2, -0.15) is 0 Å². The topological polar surface area (TPSA) is 68.1 Å². The van der Waals surface area contributed by atoms with E-state index in [4.69, 9.17) is 9.72 Å². The van der Waals surface area contributed by atoms with Crippen molar-refractivity contribution in [1.29, 1.82) is 0 Å². The molecular formula is C18H19N3O2S. The number of aryl methyl sites for hydroxylation is 2. The number of aliphatic hydroxyl groups excluding tert-OH is 1. The summed E-state index contributed by atoms with van der Waals surface area (Å²) in [4.78, 5) is 15.0. The summed E-state index contributed by atoms with van der Waals surface area (Å²) >= 11 is 1.58. The first kappa shape index (κ1) is 15.6. The van der Waals surface area contributed by atoms with E-state index in [1.165, 1.54) is 0 Å². The molecular weight excluding hydrogens is 322 g/mol. The number of ether oxygens (including phenoxy) is 1. The molecule has 1 aromatic carbocycles. The van der Waals surface area contributed by atoms with Crippen LogP contribution in [0.5, 0.6) is 0 Å². The lowest BCUT2D eigenvalue weighted by Gasteiger charge is -2.14. The van der Waals surface area contributed by atoms with E-state index in [1.54, 1.807) is 24.6 Å². The SMILES string of the molecule is COCc1cnc2c(-c3nc4c(s3)C(O)CCC4)cc(C)cc2n1. The van der Waals surface area contributed by atoms with E-state index < -0.39 is 0 Å². The van der Waals surface area contributed by atoms with Crippen molar-refractivity contribution >= 4 is 22.4 Å². The molecule has 0 spiro atoms. The first-order valence-electron chi connectivity index (χ1n) is 8.09. The quantitative estimate of drug-likeness (QED) is 0.788. The van der Waals surface area contributed by atoms with E-state index in [2.05, 4.69) is 23.0 Å². The van der Waals surface area contributed by atoms with Gasteiger partial charge in [-0.25, -0.2) is 9.97 Å². The number of aromatic nitrogens is 3. The Morgan fingerprint density at radius 1 is 1.33 bits per heavy atom. The van der Waals surface area contributed by atoms with Crippen LogP contribution in [0.2, 0.25) is 0 Å². The Labute approximate surface area is 144 Å². The van der Waals surface area contributed by atoms with Crippen LogP contribution in [-0.4, -0.2) is 27.2 Å². The fourth-order valence-electron chi connectivity index (χ4n) is 3.20. The molecule has 6 heteroatoms. The molecule has 1 N–H and O–H groups in total. The Hall–Kier alpha value is -1.89. The average molecular weight is 341 g/mol. The van der Waals surface area contributed by atoms with Crippen LogP contribution in [0.3, 0.4) is 0 Å². The molecule has 0 fully saturated rings. The van der Waals surface area contributed by atoms with Gasteiger partial charge in [0.15, 0.2) is 0 Å². The van der Waals surface area contributed by atoms with E-state index in [0.717, 1.165) is 62.7 Å². The van der Waals surface area contributed by atoms with Gasteiger partial charge in [-0.05, 0) is 43.9 Å². The standard InChI is InChI=1S/C18H19N3O2S/c1-10-6-12(16-14(7-10)20-11(8-19-16)9-23-2)18-21-13-4-3-5-15(22)17(13)24-18/h6-8,15,22H,3-5,9H2,1-2H3. The van der Waals surface area contributed by atoms with Crippen LogP contribution in [0, 0.1) is 6.92 Å². The highest BCUT2D eigenvalue weighted by Gasteiger charge is 2.24. The number of hydrogen-bond donors (Lipinski definition) is 1. The fourth-order valence-corrected chi connectivity index (χ4v) is 4.34. The molecule has 1 aliphatic carbocycles. The van der Waals surface area contributed by atoms with Crippen LogP contribution in [-0.2, 0) is 17.8 Å². The fraction of sp³-hybridized carbons (Fsp3) is 0.389. The smallest absolute Gasteiger partial charge is 0.126 e. The lowest BCUT2D eigenvalue weighted by molar-refractivity contribution is 0.160. The van der Waals surface area contributed by atoms with Gasteiger partial charge in [-0.3, -0.25) is 4.98 Å². The van der Waals surface area contributed by atoms with Crippen LogP contribution in [0.1, 0.15) is 40.8 Å². The van der Waals surface area contributed by atoms with Crippen molar-refractivity contribution in [2.75, 3.05) is 7.11 Å². The summed E-state index contributed by atoms with van der Waals surface area (Å²) in [6.07, 6.45) is 4.13. The van der Waals surface area contributed by atoms with Crippen molar-refractivity contribution in [2.45, 2.75) is 38.9 Å². The van der Waals surface area contributed by atoms with E-state index >= 15 is 0 Å². The maximum Gasteiger partial charge on any atom is 0.126 e. The van der Waals surface area contributed by atoms with Gasteiger partial charge >= 0.3 is 0 Å². The minimum Gasteiger partial charge on any atom is -0.388 e. The van der Waals surface area contributed by atoms with Crippen molar-refractivity contribution in [1.82, 2.24) is 15.0 Å². The molecule has 1 aliphatic rings. The summed E-state index contributed by atoms with van der Waals surface area (Å²) in [7, 11) is 1.65. The van der Waals surface area contributed by atoms with Gasteiger partial charge in [0.05, 0.1) is 46.2 Å². The predicted molar refractivity (Wildman–Crippen MR) is 94.0 cm³/mol. The van der Waals surface area contributed by atoms with Crippen molar-refractivity contribution in [3.8, 4) is 10.6 Å². The molecule has 0 radical (unpaired) electrons. The van der Waals surface area contributed by atoms with Crippen molar-refractivity contribution in [2.24, 2.45) is 0 Å². The van der Waals surface area contributed by atoms with Gasteiger partial charge in [0.1, 0.15) is 5.01 Å². The molecule has 2 aromatic heterocycles. The lowest BCUT2D eigenvalue weighted by Crippen LogP contribution is -2.06. The zero-order valence-electron chi connectivity index (χ0n) is 13.7. The molecule has 2 heterocycles. The Kier molecular flexibility index (Phi) is 4.04. The number of nitrogens with zero attached hydrogens (tertiary/aromatic N) is 3. The molecule has 24 heavy (non-hydrogen) atoms. The number of hydrogen-bond acceptors (Lipinski definition) is 6. The van der Waals surface area contributed by atoms with Gasteiger partial charge in [0.25, 0.3) is 0 Å². The largest absolute Gasteiger partial charge is 0.388 e. The molecule has 0 aliphatic heterocycles. The highest BCUT2D eigenvalue weighted by Crippen LogP contribution is 2.39. The summed E-state index contributed by atoms with van der Waals surface area (Å²) in [5, 5.41) is 11.1. The number of fused-ring (bicyclic) bond motifs is 2. The van der Waals surface area contributed by atoms with Crippen molar-refractivity contribution in [3.05, 3.63) is 40.2 Å². The molecule has 1 unspecified atom stereocenters. The Morgan fingerprint density at radius 2 is 2.21 bits per heavy atom. The molecule has 4 rings (SSSR count). The molecule has 0 bridgehead atoms. The summed E-state index contributed by atoms with van der Waals surface area (Å²) in [6, 6.07) is 4.14. The maximum atomic E-state index is 10.2. The Bertz CT molecular complexity index is 907. The minimum absolute atomic E-state index is 0.379. The number of rotatable bonds is 3. The van der Waals surface area contributed by atoms with Crippen LogP contribution < -0.4 is 0 Å². The second-order valence-corrected chi connectivity index (χ2v) is 7.24. The highest BCUT2D eigenvalue weighted by atomic mass is 32.1. The van der Waals surface area contributed by atoms with Gasteiger partial charge < -0.3 is 9.84 Å². The van der Waals surface area contributed by atoms with Crippen LogP contribution >= 0.6 is 11.3 Å². The van der Waals surface area contributed by atoms with Crippen LogP contribution in [0.4, 0.5) is 0 Å². The number of thiazole rings is 1. The molecule has 3 aromatic rings. The van der Waals surface area contributed by atoms with Gasteiger partial charge in [0, 0.05) is 12.7 Å². The van der Waals surface area contributed by atoms with E-state index in [0.29, 0.717) is 6.61 Å². The Morgan fingerprint density at radius 3 is 3.00 bits per heavy atom. The average Bonchev–Trinajstić information content (AvgIpc) is 2.99. The molecule has 0 amide bonds. The summed E-state index contributed by atoms with van der Waals surface area (Å²) in [6.45, 7) is 2.50. The van der Waals surface area contributed by atoms with Crippen molar-refractivity contribution < 1.29 is 9.84 Å². The lowest BCUT2D eigenvalue weighted by atomic mass is 10.0. The predicted octanol–water partition coefficient (Wildman–Crippen LogP) is 3.58. The molecule has 5 nitrogen and oxygen atoms in total. The molecule has 1 atom stereocenters. The zero-order chi connectivity index (χ0) is 16.7. The van der Waals surface area contributed by atoms with E-state index in [-0.39, 0.29) is 6.10 Å². The van der Waals surface area contributed by atoms with Gasteiger partial charge in [0.2, 0.25) is 0 Å². The highest BCUT2D eigenvalue weighted by molar-refractivity contribution is 7.15. The summed E-state index contributed by atoms with van der Waals surface area (Å²) in [5.41, 5.74) is 5.67. The van der Waals surface area contributed by atoms with Crippen LogP contribution in [0.15, 0.2) is 18.3 Å². The Balaban J connectivity index is 1.87. The maximum absolute atomic E-state index is 10.2. The third-order valence-electron chi connectivity index (χ3n) is 4.28. The molecule has 0 saturated heterocycles.